The van der Waals surface area contributed by atoms with Crippen LogP contribution in [-0.2, 0) is 0 Å². The Bertz CT molecular complexity index is 1060. The van der Waals surface area contributed by atoms with Gasteiger partial charge in [-0.2, -0.15) is 4.98 Å². The molecular formula is C20H19N5O. The summed E-state index contributed by atoms with van der Waals surface area (Å²) in [6, 6.07) is 14.6. The van der Waals surface area contributed by atoms with Crippen LogP contribution >= 0.6 is 0 Å². The quantitative estimate of drug-likeness (QED) is 0.544. The molecule has 5 rings (SSSR count). The molecule has 0 amide bonds. The maximum Gasteiger partial charge on any atom is 0.258 e. The zero-order valence-electron chi connectivity index (χ0n) is 14.6. The average molecular weight is 345 g/mol. The molecule has 0 aliphatic heterocycles. The molecule has 1 saturated carbocycles. The molecule has 0 unspecified atom stereocenters. The van der Waals surface area contributed by atoms with E-state index in [1.165, 1.54) is 31.2 Å². The Morgan fingerprint density at radius 2 is 1.77 bits per heavy atom. The van der Waals surface area contributed by atoms with Crippen molar-refractivity contribution >= 4 is 11.0 Å². The van der Waals surface area contributed by atoms with E-state index in [-0.39, 0.29) is 0 Å². The summed E-state index contributed by atoms with van der Waals surface area (Å²) in [5.41, 5.74) is 4.95. The lowest BCUT2D eigenvalue weighted by molar-refractivity contribution is 0.432. The molecule has 4 aromatic rings. The van der Waals surface area contributed by atoms with Gasteiger partial charge in [-0.15, -0.1) is 5.10 Å². The predicted molar refractivity (Wildman–Crippen MR) is 98.5 cm³/mol. The standard InChI is InChI=1S/C20H19N5O/c1-13-6-8-14(9-7-13)20-21-19(23-26-20)15-10-11-18-17(12-15)22-24-25(18)16-4-2-3-5-16/h6-12,16H,2-5H2,1H3. The second-order valence-corrected chi connectivity index (χ2v) is 6.96. The second kappa shape index (κ2) is 6.05. The van der Waals surface area contributed by atoms with Gasteiger partial charge in [-0.05, 0) is 50.1 Å². The van der Waals surface area contributed by atoms with Gasteiger partial charge in [0, 0.05) is 11.1 Å². The lowest BCUT2D eigenvalue weighted by atomic mass is 10.1. The summed E-state index contributed by atoms with van der Waals surface area (Å²) in [4.78, 5) is 4.54. The first-order chi connectivity index (χ1) is 12.8. The van der Waals surface area contributed by atoms with Gasteiger partial charge in [0.15, 0.2) is 0 Å². The van der Waals surface area contributed by atoms with Gasteiger partial charge in [0.25, 0.3) is 5.89 Å². The minimum absolute atomic E-state index is 0.476. The lowest BCUT2D eigenvalue weighted by Crippen LogP contribution is -2.06. The molecule has 6 heteroatoms. The van der Waals surface area contributed by atoms with Crippen LogP contribution in [-0.4, -0.2) is 25.1 Å². The predicted octanol–water partition coefficient (Wildman–Crippen LogP) is 4.57. The van der Waals surface area contributed by atoms with E-state index in [1.54, 1.807) is 0 Å². The number of hydrogen-bond acceptors (Lipinski definition) is 5. The molecule has 0 radical (unpaired) electrons. The van der Waals surface area contributed by atoms with Crippen molar-refractivity contribution in [2.45, 2.75) is 38.6 Å². The number of aryl methyl sites for hydroxylation is 1. The van der Waals surface area contributed by atoms with Gasteiger partial charge in [0.2, 0.25) is 5.82 Å². The van der Waals surface area contributed by atoms with Crippen LogP contribution in [0.2, 0.25) is 0 Å². The Morgan fingerprint density at radius 3 is 2.58 bits per heavy atom. The summed E-state index contributed by atoms with van der Waals surface area (Å²) < 4.78 is 7.51. The Kier molecular flexibility index (Phi) is 3.55. The van der Waals surface area contributed by atoms with E-state index in [9.17, 15) is 0 Å². The van der Waals surface area contributed by atoms with E-state index in [4.69, 9.17) is 4.52 Å². The zero-order valence-corrected chi connectivity index (χ0v) is 14.6. The van der Waals surface area contributed by atoms with Crippen molar-refractivity contribution in [1.29, 1.82) is 0 Å². The number of nitrogens with zero attached hydrogens (tertiary/aromatic N) is 5. The topological polar surface area (TPSA) is 69.6 Å². The van der Waals surface area contributed by atoms with Crippen LogP contribution in [0.1, 0.15) is 37.3 Å². The van der Waals surface area contributed by atoms with Crippen molar-refractivity contribution in [3.8, 4) is 22.8 Å². The Labute approximate surface area is 150 Å². The molecular weight excluding hydrogens is 326 g/mol. The van der Waals surface area contributed by atoms with Crippen molar-refractivity contribution in [3.05, 3.63) is 48.0 Å². The summed E-state index contributed by atoms with van der Waals surface area (Å²) in [6.07, 6.45) is 4.92. The fraction of sp³-hybridized carbons (Fsp3) is 0.300. The number of hydrogen-bond donors (Lipinski definition) is 0. The number of aromatic nitrogens is 5. The van der Waals surface area contributed by atoms with Crippen LogP contribution in [0.4, 0.5) is 0 Å². The SMILES string of the molecule is Cc1ccc(-c2nc(-c3ccc4c(c3)nnn4C3CCCC3)no2)cc1. The lowest BCUT2D eigenvalue weighted by Gasteiger charge is -2.09. The number of rotatable bonds is 3. The monoisotopic (exact) mass is 345 g/mol. The molecule has 2 aromatic heterocycles. The molecule has 1 aliphatic rings. The third-order valence-electron chi connectivity index (χ3n) is 5.12. The first kappa shape index (κ1) is 15.3. The van der Waals surface area contributed by atoms with Gasteiger partial charge in [-0.25, -0.2) is 4.68 Å². The molecule has 1 fully saturated rings. The van der Waals surface area contributed by atoms with Crippen molar-refractivity contribution < 1.29 is 4.52 Å². The number of fused-ring (bicyclic) bond motifs is 1. The minimum atomic E-state index is 0.476. The van der Waals surface area contributed by atoms with E-state index in [0.717, 1.165) is 22.2 Å². The maximum atomic E-state index is 5.44. The average Bonchev–Trinajstić information content (AvgIpc) is 3.41. The molecule has 0 atom stereocenters. The third-order valence-corrected chi connectivity index (χ3v) is 5.12. The number of benzene rings is 2. The summed E-state index contributed by atoms with van der Waals surface area (Å²) in [6.45, 7) is 2.05. The minimum Gasteiger partial charge on any atom is -0.334 e. The van der Waals surface area contributed by atoms with Gasteiger partial charge < -0.3 is 4.52 Å². The highest BCUT2D eigenvalue weighted by molar-refractivity contribution is 5.80. The van der Waals surface area contributed by atoms with Crippen molar-refractivity contribution in [2.24, 2.45) is 0 Å². The van der Waals surface area contributed by atoms with Crippen LogP contribution < -0.4 is 0 Å². The van der Waals surface area contributed by atoms with Crippen molar-refractivity contribution in [2.75, 3.05) is 0 Å². The normalized spacial score (nSPS) is 15.1. The fourth-order valence-electron chi connectivity index (χ4n) is 3.65. The van der Waals surface area contributed by atoms with Gasteiger partial charge in [-0.3, -0.25) is 0 Å². The van der Waals surface area contributed by atoms with Crippen LogP contribution in [0.3, 0.4) is 0 Å². The van der Waals surface area contributed by atoms with Crippen molar-refractivity contribution in [1.82, 2.24) is 25.1 Å². The zero-order chi connectivity index (χ0) is 17.5. The molecule has 0 spiro atoms. The molecule has 0 bridgehead atoms. The van der Waals surface area contributed by atoms with Gasteiger partial charge >= 0.3 is 0 Å². The van der Waals surface area contributed by atoms with E-state index < -0.39 is 0 Å². The molecule has 26 heavy (non-hydrogen) atoms. The second-order valence-electron chi connectivity index (χ2n) is 6.96. The largest absolute Gasteiger partial charge is 0.334 e. The molecule has 6 nitrogen and oxygen atoms in total. The molecule has 0 N–H and O–H groups in total. The Hall–Kier alpha value is -3.02. The van der Waals surface area contributed by atoms with E-state index in [1.807, 2.05) is 36.4 Å². The maximum absolute atomic E-state index is 5.44. The van der Waals surface area contributed by atoms with Crippen molar-refractivity contribution in [3.63, 3.8) is 0 Å². The smallest absolute Gasteiger partial charge is 0.258 e. The summed E-state index contributed by atoms with van der Waals surface area (Å²) in [7, 11) is 0. The van der Waals surface area contributed by atoms with Crippen LogP contribution in [0.25, 0.3) is 33.9 Å². The first-order valence-corrected chi connectivity index (χ1v) is 9.04. The molecule has 2 aromatic carbocycles. The Morgan fingerprint density at radius 1 is 1.00 bits per heavy atom. The van der Waals surface area contributed by atoms with E-state index in [2.05, 4.69) is 38.1 Å². The summed E-state index contributed by atoms with van der Waals surface area (Å²) in [5, 5.41) is 12.9. The fourth-order valence-corrected chi connectivity index (χ4v) is 3.65. The first-order valence-electron chi connectivity index (χ1n) is 9.04. The van der Waals surface area contributed by atoms with Gasteiger partial charge in [0.1, 0.15) is 5.52 Å². The van der Waals surface area contributed by atoms with Crippen LogP contribution in [0.15, 0.2) is 47.0 Å². The highest BCUT2D eigenvalue weighted by Gasteiger charge is 2.20. The van der Waals surface area contributed by atoms with Gasteiger partial charge in [0.05, 0.1) is 11.6 Å². The summed E-state index contributed by atoms with van der Waals surface area (Å²) >= 11 is 0. The van der Waals surface area contributed by atoms with E-state index in [0.29, 0.717) is 17.8 Å². The van der Waals surface area contributed by atoms with Gasteiger partial charge in [-0.1, -0.05) is 40.9 Å². The highest BCUT2D eigenvalue weighted by Crippen LogP contribution is 2.32. The molecule has 1 aliphatic carbocycles. The molecule has 0 saturated heterocycles. The third kappa shape index (κ3) is 2.58. The van der Waals surface area contributed by atoms with E-state index >= 15 is 0 Å². The summed E-state index contributed by atoms with van der Waals surface area (Å²) in [5.74, 6) is 1.09. The van der Waals surface area contributed by atoms with Crippen LogP contribution in [0, 0.1) is 6.92 Å². The highest BCUT2D eigenvalue weighted by atomic mass is 16.5. The Balaban J connectivity index is 1.48. The molecule has 130 valence electrons. The van der Waals surface area contributed by atoms with Crippen LogP contribution in [0.5, 0.6) is 0 Å². The molecule has 2 heterocycles.